The second-order valence-corrected chi connectivity index (χ2v) is 4.22. The Morgan fingerprint density at radius 2 is 2.47 bits per heavy atom. The summed E-state index contributed by atoms with van der Waals surface area (Å²) < 4.78 is 2.25. The van der Waals surface area contributed by atoms with Gasteiger partial charge in [-0.3, -0.25) is 0 Å². The first kappa shape index (κ1) is 10.5. The first-order valence-corrected chi connectivity index (χ1v) is 5.80. The topological polar surface area (TPSA) is 33.1 Å². The fraction of sp³-hybridized carbons (Fsp3) is 0.727. The highest BCUT2D eigenvalue weighted by Crippen LogP contribution is 2.14. The monoisotopic (exact) mass is 208 g/mol. The molecule has 1 atom stereocenters. The highest BCUT2D eigenvalue weighted by atomic mass is 15.3. The number of aryl methyl sites for hydroxylation is 1. The molecule has 1 saturated heterocycles. The van der Waals surface area contributed by atoms with Crippen molar-refractivity contribution in [3.05, 3.63) is 12.4 Å². The van der Waals surface area contributed by atoms with Crippen LogP contribution in [0.2, 0.25) is 0 Å². The van der Waals surface area contributed by atoms with E-state index in [4.69, 9.17) is 0 Å². The lowest BCUT2D eigenvalue weighted by Gasteiger charge is -2.32. The Hall–Kier alpha value is -1.03. The van der Waals surface area contributed by atoms with Gasteiger partial charge in [0.2, 0.25) is 5.95 Å². The van der Waals surface area contributed by atoms with E-state index >= 15 is 0 Å². The molecule has 0 aliphatic carbocycles. The SMILES string of the molecule is CCCn1ccnc1N1CCN[C@@H](C)C1. The molecule has 2 rings (SSSR count). The zero-order valence-electron chi connectivity index (χ0n) is 9.61. The number of nitrogens with zero attached hydrogens (tertiary/aromatic N) is 3. The van der Waals surface area contributed by atoms with Gasteiger partial charge in [-0.2, -0.15) is 0 Å². The molecule has 1 aliphatic rings. The maximum Gasteiger partial charge on any atom is 0.205 e. The molecule has 84 valence electrons. The van der Waals surface area contributed by atoms with E-state index in [-0.39, 0.29) is 0 Å². The highest BCUT2D eigenvalue weighted by molar-refractivity contribution is 5.32. The Balaban J connectivity index is 2.10. The molecule has 2 heterocycles. The lowest BCUT2D eigenvalue weighted by Crippen LogP contribution is -2.50. The van der Waals surface area contributed by atoms with Crippen LogP contribution in [0.1, 0.15) is 20.3 Å². The fourth-order valence-corrected chi connectivity index (χ4v) is 2.11. The minimum atomic E-state index is 0.561. The normalized spacial score (nSPS) is 22.0. The summed E-state index contributed by atoms with van der Waals surface area (Å²) in [7, 11) is 0. The van der Waals surface area contributed by atoms with Crippen LogP contribution in [0.25, 0.3) is 0 Å². The molecule has 15 heavy (non-hydrogen) atoms. The van der Waals surface area contributed by atoms with Crippen molar-refractivity contribution in [2.45, 2.75) is 32.9 Å². The second kappa shape index (κ2) is 4.66. The number of rotatable bonds is 3. The third-order valence-corrected chi connectivity index (χ3v) is 2.81. The Kier molecular flexibility index (Phi) is 3.26. The zero-order chi connectivity index (χ0) is 10.7. The third-order valence-electron chi connectivity index (χ3n) is 2.81. The molecular weight excluding hydrogens is 188 g/mol. The molecule has 0 bridgehead atoms. The molecule has 0 amide bonds. The van der Waals surface area contributed by atoms with Gasteiger partial charge in [0.1, 0.15) is 0 Å². The molecule has 0 unspecified atom stereocenters. The summed E-state index contributed by atoms with van der Waals surface area (Å²) in [4.78, 5) is 6.83. The average molecular weight is 208 g/mol. The van der Waals surface area contributed by atoms with Crippen molar-refractivity contribution in [2.24, 2.45) is 0 Å². The summed E-state index contributed by atoms with van der Waals surface area (Å²) in [5, 5.41) is 3.45. The van der Waals surface area contributed by atoms with Crippen molar-refractivity contribution >= 4 is 5.95 Å². The molecule has 1 fully saturated rings. The van der Waals surface area contributed by atoms with Crippen LogP contribution in [0.3, 0.4) is 0 Å². The van der Waals surface area contributed by atoms with Crippen LogP contribution in [0, 0.1) is 0 Å². The van der Waals surface area contributed by atoms with E-state index in [1.807, 2.05) is 6.20 Å². The van der Waals surface area contributed by atoms with Gasteiger partial charge in [-0.25, -0.2) is 4.98 Å². The average Bonchev–Trinajstić information content (AvgIpc) is 2.66. The quantitative estimate of drug-likeness (QED) is 0.807. The number of piperazine rings is 1. The largest absolute Gasteiger partial charge is 0.339 e. The minimum Gasteiger partial charge on any atom is -0.339 e. The van der Waals surface area contributed by atoms with Crippen LogP contribution >= 0.6 is 0 Å². The van der Waals surface area contributed by atoms with E-state index < -0.39 is 0 Å². The highest BCUT2D eigenvalue weighted by Gasteiger charge is 2.18. The van der Waals surface area contributed by atoms with Crippen LogP contribution in [-0.2, 0) is 6.54 Å². The van der Waals surface area contributed by atoms with Gasteiger partial charge in [-0.1, -0.05) is 6.92 Å². The van der Waals surface area contributed by atoms with Crippen LogP contribution in [-0.4, -0.2) is 35.2 Å². The maximum absolute atomic E-state index is 4.45. The summed E-state index contributed by atoms with van der Waals surface area (Å²) in [5.74, 6) is 1.13. The predicted octanol–water partition coefficient (Wildman–Crippen LogP) is 1.09. The van der Waals surface area contributed by atoms with E-state index in [0.29, 0.717) is 6.04 Å². The van der Waals surface area contributed by atoms with Gasteiger partial charge in [0.25, 0.3) is 0 Å². The predicted molar refractivity (Wildman–Crippen MR) is 62.2 cm³/mol. The molecule has 0 spiro atoms. The number of anilines is 1. The van der Waals surface area contributed by atoms with Gasteiger partial charge >= 0.3 is 0 Å². The van der Waals surface area contributed by atoms with Crippen LogP contribution < -0.4 is 10.2 Å². The molecule has 0 radical (unpaired) electrons. The van der Waals surface area contributed by atoms with E-state index in [0.717, 1.165) is 38.5 Å². The third kappa shape index (κ3) is 2.31. The Morgan fingerprint density at radius 1 is 1.60 bits per heavy atom. The van der Waals surface area contributed by atoms with Gasteiger partial charge in [0.15, 0.2) is 0 Å². The second-order valence-electron chi connectivity index (χ2n) is 4.22. The molecule has 0 saturated carbocycles. The van der Waals surface area contributed by atoms with E-state index in [1.54, 1.807) is 0 Å². The molecule has 1 aromatic rings. The van der Waals surface area contributed by atoms with Crippen molar-refractivity contribution in [1.29, 1.82) is 0 Å². The molecule has 1 N–H and O–H groups in total. The summed E-state index contributed by atoms with van der Waals surface area (Å²) in [6, 6.07) is 0.561. The molecule has 4 heteroatoms. The Morgan fingerprint density at radius 3 is 3.20 bits per heavy atom. The number of nitrogens with one attached hydrogen (secondary N) is 1. The van der Waals surface area contributed by atoms with Gasteiger partial charge in [0.05, 0.1) is 0 Å². The summed E-state index contributed by atoms with van der Waals surface area (Å²) in [5.41, 5.74) is 0. The van der Waals surface area contributed by atoms with Crippen molar-refractivity contribution < 1.29 is 0 Å². The fourth-order valence-electron chi connectivity index (χ4n) is 2.11. The first-order chi connectivity index (χ1) is 7.31. The van der Waals surface area contributed by atoms with Crippen molar-refractivity contribution in [3.8, 4) is 0 Å². The summed E-state index contributed by atoms with van der Waals surface area (Å²) >= 11 is 0. The van der Waals surface area contributed by atoms with Gasteiger partial charge in [0, 0.05) is 44.6 Å². The molecule has 4 nitrogen and oxygen atoms in total. The molecule has 1 aromatic heterocycles. The number of hydrogen-bond donors (Lipinski definition) is 1. The minimum absolute atomic E-state index is 0.561. The van der Waals surface area contributed by atoms with E-state index in [1.165, 1.54) is 0 Å². The lowest BCUT2D eigenvalue weighted by molar-refractivity contribution is 0.473. The van der Waals surface area contributed by atoms with Crippen molar-refractivity contribution in [1.82, 2.24) is 14.9 Å². The lowest BCUT2D eigenvalue weighted by atomic mass is 10.2. The van der Waals surface area contributed by atoms with E-state index in [2.05, 4.69) is 39.8 Å². The Labute approximate surface area is 91.3 Å². The number of hydrogen-bond acceptors (Lipinski definition) is 3. The van der Waals surface area contributed by atoms with Gasteiger partial charge in [-0.15, -0.1) is 0 Å². The van der Waals surface area contributed by atoms with Gasteiger partial charge < -0.3 is 14.8 Å². The number of imidazole rings is 1. The Bertz CT molecular complexity index is 307. The molecular formula is C11H20N4. The van der Waals surface area contributed by atoms with Crippen LogP contribution in [0.4, 0.5) is 5.95 Å². The summed E-state index contributed by atoms with van der Waals surface area (Å²) in [6.45, 7) is 8.66. The smallest absolute Gasteiger partial charge is 0.205 e. The van der Waals surface area contributed by atoms with Crippen LogP contribution in [0.5, 0.6) is 0 Å². The summed E-state index contributed by atoms with van der Waals surface area (Å²) in [6.07, 6.45) is 5.13. The van der Waals surface area contributed by atoms with Gasteiger partial charge in [-0.05, 0) is 13.3 Å². The first-order valence-electron chi connectivity index (χ1n) is 5.80. The van der Waals surface area contributed by atoms with Crippen LogP contribution in [0.15, 0.2) is 12.4 Å². The number of aromatic nitrogens is 2. The van der Waals surface area contributed by atoms with Crippen molar-refractivity contribution in [3.63, 3.8) is 0 Å². The maximum atomic E-state index is 4.45. The molecule has 0 aromatic carbocycles. The molecule has 1 aliphatic heterocycles. The van der Waals surface area contributed by atoms with Crippen molar-refractivity contribution in [2.75, 3.05) is 24.5 Å². The standard InChI is InChI=1S/C11H20N4/c1-3-6-14-7-5-13-11(14)15-8-4-12-10(2)9-15/h5,7,10,12H,3-4,6,8-9H2,1-2H3/t10-/m0/s1. The van der Waals surface area contributed by atoms with E-state index in [9.17, 15) is 0 Å². The zero-order valence-corrected chi connectivity index (χ0v) is 9.61.